The van der Waals surface area contributed by atoms with Gasteiger partial charge in [-0.2, -0.15) is 13.2 Å². The molecule has 1 atom stereocenters. The van der Waals surface area contributed by atoms with Crippen molar-refractivity contribution >= 4 is 11.9 Å². The van der Waals surface area contributed by atoms with Crippen LogP contribution in [-0.4, -0.2) is 24.2 Å². The number of carbonyl (C=O) groups excluding carboxylic acids is 2. The zero-order valence-corrected chi connectivity index (χ0v) is 9.63. The van der Waals surface area contributed by atoms with Crippen LogP contribution in [0.2, 0.25) is 0 Å². The highest BCUT2D eigenvalue weighted by Crippen LogP contribution is 2.21. The molecule has 0 aromatic heterocycles. The van der Waals surface area contributed by atoms with Gasteiger partial charge in [-0.25, -0.2) is 19.4 Å². The van der Waals surface area contributed by atoms with E-state index >= 15 is 0 Å². The highest BCUT2D eigenvalue weighted by molar-refractivity contribution is 5.78. The van der Waals surface area contributed by atoms with Gasteiger partial charge < -0.3 is 5.73 Å². The normalized spacial score (nSPS) is 14.1. The summed E-state index contributed by atoms with van der Waals surface area (Å²) >= 11 is 0. The second kappa shape index (κ2) is 5.35. The monoisotopic (exact) mass is 257 g/mol. The Morgan fingerprint density at radius 1 is 1.18 bits per heavy atom. The van der Waals surface area contributed by atoms with Crippen LogP contribution in [0.5, 0.6) is 0 Å². The van der Waals surface area contributed by atoms with Gasteiger partial charge in [0.05, 0.1) is 0 Å². The van der Waals surface area contributed by atoms with Gasteiger partial charge in [0.2, 0.25) is 0 Å². The van der Waals surface area contributed by atoms with Gasteiger partial charge in [0.1, 0.15) is 6.04 Å². The first-order chi connectivity index (χ1) is 7.43. The van der Waals surface area contributed by atoms with E-state index < -0.39 is 24.2 Å². The van der Waals surface area contributed by atoms with Gasteiger partial charge >= 0.3 is 18.1 Å². The van der Waals surface area contributed by atoms with Crippen LogP contribution in [0.4, 0.5) is 13.2 Å². The lowest BCUT2D eigenvalue weighted by molar-refractivity contribution is -0.286. The quantitative estimate of drug-likeness (QED) is 0.596. The number of hydrogen-bond acceptors (Lipinski definition) is 5. The number of carbonyl (C=O) groups is 2. The van der Waals surface area contributed by atoms with Crippen molar-refractivity contribution in [3.05, 3.63) is 0 Å². The third-order valence-corrected chi connectivity index (χ3v) is 1.57. The number of nitrogens with two attached hydrogens (primary N) is 1. The van der Waals surface area contributed by atoms with Crippen LogP contribution in [0.15, 0.2) is 0 Å². The molecule has 0 aliphatic carbocycles. The lowest BCUT2D eigenvalue weighted by Crippen LogP contribution is -2.37. The van der Waals surface area contributed by atoms with E-state index in [4.69, 9.17) is 5.73 Å². The Bertz CT molecular complexity index is 296. The Kier molecular flexibility index (Phi) is 4.94. The van der Waals surface area contributed by atoms with Crippen molar-refractivity contribution in [1.82, 2.24) is 0 Å². The standard InChI is InChI=1S/C9H14F3NO4/c1-8(2,3)4-5(13)6(14)16-17-7(15)9(10,11)12/h5H,4,13H2,1-3H3/t5-/m1/s1. The summed E-state index contributed by atoms with van der Waals surface area (Å²) in [7, 11) is 0. The summed E-state index contributed by atoms with van der Waals surface area (Å²) in [5.74, 6) is -3.83. The Morgan fingerprint density at radius 2 is 1.65 bits per heavy atom. The van der Waals surface area contributed by atoms with Crippen molar-refractivity contribution in [3.63, 3.8) is 0 Å². The maximum atomic E-state index is 11.7. The fourth-order valence-electron chi connectivity index (χ4n) is 0.931. The van der Waals surface area contributed by atoms with Crippen molar-refractivity contribution in [2.45, 2.75) is 39.4 Å². The lowest BCUT2D eigenvalue weighted by Gasteiger charge is -2.21. The molecule has 8 heteroatoms. The van der Waals surface area contributed by atoms with E-state index in [1.165, 1.54) is 0 Å². The molecule has 17 heavy (non-hydrogen) atoms. The Morgan fingerprint density at radius 3 is 2.00 bits per heavy atom. The fraction of sp³-hybridized carbons (Fsp3) is 0.778. The molecule has 0 rings (SSSR count). The van der Waals surface area contributed by atoms with Crippen molar-refractivity contribution in [1.29, 1.82) is 0 Å². The molecule has 0 fully saturated rings. The van der Waals surface area contributed by atoms with Crippen molar-refractivity contribution in [2.75, 3.05) is 0 Å². The molecular weight excluding hydrogens is 243 g/mol. The van der Waals surface area contributed by atoms with E-state index in [1.807, 2.05) is 0 Å². The SMILES string of the molecule is CC(C)(C)C[C@@H](N)C(=O)OOC(=O)C(F)(F)F. The summed E-state index contributed by atoms with van der Waals surface area (Å²) in [6.07, 6.45) is -5.04. The van der Waals surface area contributed by atoms with E-state index in [-0.39, 0.29) is 11.8 Å². The van der Waals surface area contributed by atoms with Crippen LogP contribution in [0.3, 0.4) is 0 Å². The van der Waals surface area contributed by atoms with E-state index in [0.717, 1.165) is 0 Å². The molecule has 0 aromatic carbocycles. The van der Waals surface area contributed by atoms with E-state index in [1.54, 1.807) is 20.8 Å². The third kappa shape index (κ3) is 6.77. The molecule has 0 amide bonds. The van der Waals surface area contributed by atoms with Crippen LogP contribution in [0.1, 0.15) is 27.2 Å². The molecule has 0 heterocycles. The smallest absolute Gasteiger partial charge is 0.318 e. The second-order valence-corrected chi connectivity index (χ2v) is 4.64. The van der Waals surface area contributed by atoms with E-state index in [2.05, 4.69) is 9.78 Å². The Hall–Kier alpha value is -1.31. The molecule has 0 aromatic rings. The van der Waals surface area contributed by atoms with Crippen LogP contribution in [0.25, 0.3) is 0 Å². The predicted octanol–water partition coefficient (Wildman–Crippen LogP) is 1.31. The largest absolute Gasteiger partial charge is 0.495 e. The van der Waals surface area contributed by atoms with Gasteiger partial charge in [-0.15, -0.1) is 0 Å². The van der Waals surface area contributed by atoms with Gasteiger partial charge in [0.15, 0.2) is 0 Å². The maximum absolute atomic E-state index is 11.7. The molecule has 0 radical (unpaired) electrons. The summed E-state index contributed by atoms with van der Waals surface area (Å²) in [4.78, 5) is 28.3. The van der Waals surface area contributed by atoms with Gasteiger partial charge in [0, 0.05) is 0 Å². The van der Waals surface area contributed by atoms with Crippen LogP contribution < -0.4 is 5.73 Å². The van der Waals surface area contributed by atoms with Crippen molar-refractivity contribution in [3.8, 4) is 0 Å². The minimum absolute atomic E-state index is 0.176. The molecule has 2 N–H and O–H groups in total. The minimum Gasteiger partial charge on any atom is -0.318 e. The van der Waals surface area contributed by atoms with Crippen LogP contribution in [0, 0.1) is 5.41 Å². The Balaban J connectivity index is 4.16. The molecule has 0 aliphatic heterocycles. The number of alkyl halides is 3. The molecule has 0 saturated heterocycles. The van der Waals surface area contributed by atoms with Crippen LogP contribution in [-0.2, 0) is 19.4 Å². The third-order valence-electron chi connectivity index (χ3n) is 1.57. The molecule has 5 nitrogen and oxygen atoms in total. The molecule has 100 valence electrons. The van der Waals surface area contributed by atoms with E-state index in [0.29, 0.717) is 0 Å². The topological polar surface area (TPSA) is 78.6 Å². The summed E-state index contributed by atoms with van der Waals surface area (Å²) in [6.45, 7) is 5.34. The number of hydrogen-bond donors (Lipinski definition) is 1. The average Bonchev–Trinajstić information content (AvgIpc) is 2.08. The second-order valence-electron chi connectivity index (χ2n) is 4.64. The first-order valence-corrected chi connectivity index (χ1v) is 4.68. The molecule has 0 bridgehead atoms. The van der Waals surface area contributed by atoms with Crippen molar-refractivity contribution < 1.29 is 32.5 Å². The molecular formula is C9H14F3NO4. The molecule has 0 unspecified atom stereocenters. The Labute approximate surface area is 96.0 Å². The summed E-state index contributed by atoms with van der Waals surface area (Å²) in [6, 6.07) is -1.16. The fourth-order valence-corrected chi connectivity index (χ4v) is 0.931. The first-order valence-electron chi connectivity index (χ1n) is 4.68. The van der Waals surface area contributed by atoms with Gasteiger partial charge in [0.25, 0.3) is 0 Å². The van der Waals surface area contributed by atoms with Crippen molar-refractivity contribution in [2.24, 2.45) is 11.1 Å². The maximum Gasteiger partial charge on any atom is 0.495 e. The number of rotatable bonds is 2. The highest BCUT2D eigenvalue weighted by atomic mass is 19.4. The minimum atomic E-state index is -5.21. The van der Waals surface area contributed by atoms with E-state index in [9.17, 15) is 22.8 Å². The van der Waals surface area contributed by atoms with Gasteiger partial charge in [-0.05, 0) is 11.8 Å². The summed E-state index contributed by atoms with van der Waals surface area (Å²) in [5, 5.41) is 0. The van der Waals surface area contributed by atoms with Gasteiger partial charge in [-0.3, -0.25) is 0 Å². The van der Waals surface area contributed by atoms with Gasteiger partial charge in [-0.1, -0.05) is 20.8 Å². The lowest BCUT2D eigenvalue weighted by atomic mass is 9.88. The predicted molar refractivity (Wildman–Crippen MR) is 50.3 cm³/mol. The molecule has 0 saturated carbocycles. The summed E-state index contributed by atoms with van der Waals surface area (Å²) < 4.78 is 35.0. The molecule has 0 spiro atoms. The van der Waals surface area contributed by atoms with Crippen LogP contribution >= 0.6 is 0 Å². The zero-order chi connectivity index (χ0) is 13.9. The first kappa shape index (κ1) is 15.7. The number of halogens is 3. The molecule has 0 aliphatic rings. The highest BCUT2D eigenvalue weighted by Gasteiger charge is 2.43. The summed E-state index contributed by atoms with van der Waals surface area (Å²) in [5.41, 5.74) is 5.04. The average molecular weight is 257 g/mol. The zero-order valence-electron chi connectivity index (χ0n) is 9.63.